The van der Waals surface area contributed by atoms with Crippen molar-refractivity contribution in [3.8, 4) is 0 Å². The first-order chi connectivity index (χ1) is 8.24. The number of nitrogens with zero attached hydrogens (tertiary/aromatic N) is 1. The standard InChI is InChI=1S/C14H19NO2/c1-15(14(17)9-5-6-12-16)11-10-13-7-3-2-4-8-13/h2-4,7-8,12H,5-6,9-11H2,1H3. The monoisotopic (exact) mass is 233 g/mol. The van der Waals surface area contributed by atoms with Crippen LogP contribution < -0.4 is 0 Å². The summed E-state index contributed by atoms with van der Waals surface area (Å²) in [6.07, 6.45) is 3.31. The zero-order valence-corrected chi connectivity index (χ0v) is 10.3. The van der Waals surface area contributed by atoms with Crippen LogP contribution in [0.3, 0.4) is 0 Å². The maximum Gasteiger partial charge on any atom is 0.222 e. The first-order valence-corrected chi connectivity index (χ1v) is 5.95. The summed E-state index contributed by atoms with van der Waals surface area (Å²) in [6, 6.07) is 10.1. The second-order valence-corrected chi connectivity index (χ2v) is 4.11. The van der Waals surface area contributed by atoms with E-state index < -0.39 is 0 Å². The van der Waals surface area contributed by atoms with Crippen molar-refractivity contribution in [3.63, 3.8) is 0 Å². The number of likely N-dealkylation sites (N-methyl/N-ethyl adjacent to an activating group) is 1. The summed E-state index contributed by atoms with van der Waals surface area (Å²) in [6.45, 7) is 0.726. The van der Waals surface area contributed by atoms with Crippen LogP contribution >= 0.6 is 0 Å². The summed E-state index contributed by atoms with van der Waals surface area (Å²) >= 11 is 0. The first kappa shape index (κ1) is 13.4. The third kappa shape index (κ3) is 5.29. The number of hydrogen-bond donors (Lipinski definition) is 0. The summed E-state index contributed by atoms with van der Waals surface area (Å²) in [4.78, 5) is 23.5. The van der Waals surface area contributed by atoms with Crippen molar-refractivity contribution in [2.24, 2.45) is 0 Å². The second kappa shape index (κ2) is 7.60. The van der Waals surface area contributed by atoms with Gasteiger partial charge in [0.15, 0.2) is 0 Å². The molecule has 0 bridgehead atoms. The Morgan fingerprint density at radius 3 is 2.65 bits per heavy atom. The number of unbranched alkanes of at least 4 members (excludes halogenated alkanes) is 1. The molecule has 1 aromatic rings. The highest BCUT2D eigenvalue weighted by Crippen LogP contribution is 2.03. The van der Waals surface area contributed by atoms with Gasteiger partial charge in [0.1, 0.15) is 6.29 Å². The summed E-state index contributed by atoms with van der Waals surface area (Å²) in [5.74, 6) is 0.114. The average Bonchev–Trinajstić information content (AvgIpc) is 2.37. The minimum Gasteiger partial charge on any atom is -0.345 e. The third-order valence-electron chi connectivity index (χ3n) is 2.72. The molecule has 0 aliphatic rings. The van der Waals surface area contributed by atoms with Crippen molar-refractivity contribution >= 4 is 12.2 Å². The van der Waals surface area contributed by atoms with Gasteiger partial charge in [0.05, 0.1) is 0 Å². The lowest BCUT2D eigenvalue weighted by Gasteiger charge is -2.16. The van der Waals surface area contributed by atoms with Gasteiger partial charge in [-0.2, -0.15) is 0 Å². The highest BCUT2D eigenvalue weighted by molar-refractivity contribution is 5.76. The quantitative estimate of drug-likeness (QED) is 0.534. The van der Waals surface area contributed by atoms with Gasteiger partial charge in [-0.3, -0.25) is 4.79 Å². The molecule has 0 fully saturated rings. The Morgan fingerprint density at radius 1 is 1.29 bits per heavy atom. The van der Waals surface area contributed by atoms with Crippen LogP contribution in [-0.2, 0) is 16.0 Å². The molecular weight excluding hydrogens is 214 g/mol. The van der Waals surface area contributed by atoms with Crippen molar-refractivity contribution in [2.45, 2.75) is 25.7 Å². The number of hydrogen-bond acceptors (Lipinski definition) is 2. The van der Waals surface area contributed by atoms with Crippen LogP contribution in [0.25, 0.3) is 0 Å². The van der Waals surface area contributed by atoms with Gasteiger partial charge < -0.3 is 9.69 Å². The molecule has 0 atom stereocenters. The van der Waals surface area contributed by atoms with E-state index in [0.717, 1.165) is 19.3 Å². The lowest BCUT2D eigenvalue weighted by molar-refractivity contribution is -0.130. The Morgan fingerprint density at radius 2 is 2.00 bits per heavy atom. The normalized spacial score (nSPS) is 9.94. The van der Waals surface area contributed by atoms with E-state index in [0.29, 0.717) is 19.3 Å². The molecule has 0 aliphatic carbocycles. The molecule has 0 aliphatic heterocycles. The van der Waals surface area contributed by atoms with Crippen LogP contribution in [0.5, 0.6) is 0 Å². The Bertz CT molecular complexity index is 348. The molecule has 3 nitrogen and oxygen atoms in total. The van der Waals surface area contributed by atoms with Gasteiger partial charge in [-0.05, 0) is 18.4 Å². The number of carbonyl (C=O) groups excluding carboxylic acids is 2. The molecule has 0 radical (unpaired) electrons. The van der Waals surface area contributed by atoms with Gasteiger partial charge in [-0.1, -0.05) is 30.3 Å². The molecular formula is C14H19NO2. The van der Waals surface area contributed by atoms with Crippen molar-refractivity contribution in [1.82, 2.24) is 4.90 Å². The van der Waals surface area contributed by atoms with Gasteiger partial charge >= 0.3 is 0 Å². The van der Waals surface area contributed by atoms with Crippen molar-refractivity contribution < 1.29 is 9.59 Å². The van der Waals surface area contributed by atoms with Crippen LogP contribution in [0.1, 0.15) is 24.8 Å². The smallest absolute Gasteiger partial charge is 0.222 e. The topological polar surface area (TPSA) is 37.4 Å². The van der Waals surface area contributed by atoms with Gasteiger partial charge in [0, 0.05) is 26.4 Å². The molecule has 0 aromatic heterocycles. The molecule has 3 heteroatoms. The van der Waals surface area contributed by atoms with E-state index in [2.05, 4.69) is 12.1 Å². The molecule has 0 saturated carbocycles. The van der Waals surface area contributed by atoms with Crippen molar-refractivity contribution in [3.05, 3.63) is 35.9 Å². The lowest BCUT2D eigenvalue weighted by Crippen LogP contribution is -2.28. The minimum atomic E-state index is 0.114. The zero-order valence-electron chi connectivity index (χ0n) is 10.3. The Kier molecular flexibility index (Phi) is 6.00. The highest BCUT2D eigenvalue weighted by Gasteiger charge is 2.07. The van der Waals surface area contributed by atoms with Gasteiger partial charge in [0.25, 0.3) is 0 Å². The van der Waals surface area contributed by atoms with E-state index in [4.69, 9.17) is 0 Å². The Labute approximate surface area is 102 Å². The molecule has 17 heavy (non-hydrogen) atoms. The summed E-state index contributed by atoms with van der Waals surface area (Å²) in [5, 5.41) is 0. The molecule has 0 N–H and O–H groups in total. The van der Waals surface area contributed by atoms with E-state index >= 15 is 0 Å². The minimum absolute atomic E-state index is 0.114. The van der Waals surface area contributed by atoms with E-state index in [-0.39, 0.29) is 5.91 Å². The van der Waals surface area contributed by atoms with Crippen molar-refractivity contribution in [2.75, 3.05) is 13.6 Å². The molecule has 0 heterocycles. The van der Waals surface area contributed by atoms with Crippen LogP contribution in [-0.4, -0.2) is 30.7 Å². The summed E-state index contributed by atoms with van der Waals surface area (Å²) in [7, 11) is 1.81. The fourth-order valence-corrected chi connectivity index (χ4v) is 1.59. The van der Waals surface area contributed by atoms with E-state index in [9.17, 15) is 9.59 Å². The van der Waals surface area contributed by atoms with Crippen LogP contribution in [0.2, 0.25) is 0 Å². The summed E-state index contributed by atoms with van der Waals surface area (Å²) < 4.78 is 0. The number of rotatable bonds is 7. The predicted octanol–water partition coefficient (Wildman–Crippen LogP) is 2.06. The van der Waals surface area contributed by atoms with Gasteiger partial charge in [-0.15, -0.1) is 0 Å². The van der Waals surface area contributed by atoms with Crippen LogP contribution in [0, 0.1) is 0 Å². The first-order valence-electron chi connectivity index (χ1n) is 5.95. The average molecular weight is 233 g/mol. The number of carbonyl (C=O) groups is 2. The van der Waals surface area contributed by atoms with E-state index in [1.807, 2.05) is 25.2 Å². The van der Waals surface area contributed by atoms with Crippen molar-refractivity contribution in [1.29, 1.82) is 0 Å². The summed E-state index contributed by atoms with van der Waals surface area (Å²) in [5.41, 5.74) is 1.24. The van der Waals surface area contributed by atoms with Crippen LogP contribution in [0.15, 0.2) is 30.3 Å². The third-order valence-corrected chi connectivity index (χ3v) is 2.72. The SMILES string of the molecule is CN(CCc1ccccc1)C(=O)CCCC=O. The molecule has 0 unspecified atom stereocenters. The fraction of sp³-hybridized carbons (Fsp3) is 0.429. The Hall–Kier alpha value is -1.64. The Balaban J connectivity index is 2.26. The maximum absolute atomic E-state index is 11.6. The predicted molar refractivity (Wildman–Crippen MR) is 67.7 cm³/mol. The number of benzene rings is 1. The maximum atomic E-state index is 11.6. The lowest BCUT2D eigenvalue weighted by atomic mass is 10.1. The van der Waals surface area contributed by atoms with Crippen LogP contribution in [0.4, 0.5) is 0 Å². The highest BCUT2D eigenvalue weighted by atomic mass is 16.2. The molecule has 0 spiro atoms. The number of amides is 1. The van der Waals surface area contributed by atoms with Gasteiger partial charge in [-0.25, -0.2) is 0 Å². The molecule has 0 saturated heterocycles. The van der Waals surface area contributed by atoms with Gasteiger partial charge in [0.2, 0.25) is 5.91 Å². The second-order valence-electron chi connectivity index (χ2n) is 4.11. The molecule has 1 aromatic carbocycles. The molecule has 1 rings (SSSR count). The molecule has 92 valence electrons. The molecule has 1 amide bonds. The largest absolute Gasteiger partial charge is 0.345 e. The zero-order chi connectivity index (χ0) is 12.5. The number of aldehydes is 1. The van der Waals surface area contributed by atoms with E-state index in [1.165, 1.54) is 5.56 Å². The van der Waals surface area contributed by atoms with E-state index in [1.54, 1.807) is 4.90 Å². The fourth-order valence-electron chi connectivity index (χ4n) is 1.59.